The third kappa shape index (κ3) is 3.28. The van der Waals surface area contributed by atoms with Gasteiger partial charge in [-0.25, -0.2) is 0 Å². The fourth-order valence-electron chi connectivity index (χ4n) is 2.94. The van der Waals surface area contributed by atoms with Gasteiger partial charge in [-0.2, -0.15) is 0 Å². The van der Waals surface area contributed by atoms with E-state index in [-0.39, 0.29) is 18.3 Å². The Balaban J connectivity index is 0.00000133. The van der Waals surface area contributed by atoms with Gasteiger partial charge in [-0.05, 0) is 26.2 Å². The lowest BCUT2D eigenvalue weighted by atomic mass is 10.1. The molecule has 1 aromatic heterocycles. The summed E-state index contributed by atoms with van der Waals surface area (Å²) in [6, 6.07) is 2.93. The highest BCUT2D eigenvalue weighted by atomic mass is 35.5. The molecule has 2 saturated heterocycles. The SMILES string of the molecule is Cc1cc(CC(=O)N2CCC3CCC(C2)N3)no1.Cl. The van der Waals surface area contributed by atoms with Gasteiger partial charge in [0.15, 0.2) is 0 Å². The molecule has 2 atom stereocenters. The normalized spacial score (nSPS) is 25.8. The van der Waals surface area contributed by atoms with Crippen molar-refractivity contribution >= 4 is 18.3 Å². The molecule has 3 rings (SSSR count). The Bertz CT molecular complexity index is 449. The molecule has 0 radical (unpaired) electrons. The minimum atomic E-state index is 0. The number of rotatable bonds is 2. The Kier molecular flexibility index (Phi) is 4.47. The number of hydrogen-bond acceptors (Lipinski definition) is 4. The molecule has 2 aliphatic rings. The molecule has 1 aromatic rings. The smallest absolute Gasteiger partial charge is 0.228 e. The van der Waals surface area contributed by atoms with Gasteiger partial charge >= 0.3 is 0 Å². The molecule has 2 unspecified atom stereocenters. The summed E-state index contributed by atoms with van der Waals surface area (Å²) in [6.45, 7) is 3.55. The van der Waals surface area contributed by atoms with Gasteiger partial charge in [-0.3, -0.25) is 4.79 Å². The van der Waals surface area contributed by atoms with E-state index in [1.807, 2.05) is 17.9 Å². The first-order valence-corrected chi connectivity index (χ1v) is 6.67. The first kappa shape index (κ1) is 14.3. The van der Waals surface area contributed by atoms with E-state index in [4.69, 9.17) is 4.52 Å². The standard InChI is InChI=1S/C13H19N3O2.ClH/c1-9-6-12(15-18-9)7-13(17)16-5-4-10-2-3-11(8-16)14-10;/h6,10-11,14H,2-5,7-8H2,1H3;1H. The largest absolute Gasteiger partial charge is 0.361 e. The van der Waals surface area contributed by atoms with Crippen molar-refractivity contribution < 1.29 is 9.32 Å². The number of fused-ring (bicyclic) bond motifs is 2. The number of amides is 1. The van der Waals surface area contributed by atoms with Gasteiger partial charge < -0.3 is 14.7 Å². The summed E-state index contributed by atoms with van der Waals surface area (Å²) in [4.78, 5) is 14.2. The highest BCUT2D eigenvalue weighted by molar-refractivity contribution is 5.85. The first-order chi connectivity index (χ1) is 8.70. The first-order valence-electron chi connectivity index (χ1n) is 6.67. The van der Waals surface area contributed by atoms with Crippen LogP contribution in [0.2, 0.25) is 0 Å². The van der Waals surface area contributed by atoms with Gasteiger partial charge in [0.2, 0.25) is 5.91 Å². The highest BCUT2D eigenvalue weighted by Crippen LogP contribution is 2.20. The van der Waals surface area contributed by atoms with E-state index < -0.39 is 0 Å². The lowest BCUT2D eigenvalue weighted by Gasteiger charge is -2.23. The van der Waals surface area contributed by atoms with E-state index in [9.17, 15) is 4.79 Å². The van der Waals surface area contributed by atoms with Crippen LogP contribution in [0.3, 0.4) is 0 Å². The molecule has 0 aromatic carbocycles. The maximum atomic E-state index is 12.2. The van der Waals surface area contributed by atoms with Crippen LogP contribution in [0.25, 0.3) is 0 Å². The molecular formula is C13H20ClN3O2. The molecule has 2 fully saturated rings. The van der Waals surface area contributed by atoms with Gasteiger partial charge in [-0.15, -0.1) is 12.4 Å². The Morgan fingerprint density at radius 1 is 1.47 bits per heavy atom. The second-order valence-electron chi connectivity index (χ2n) is 5.37. The third-order valence-electron chi connectivity index (χ3n) is 3.89. The Morgan fingerprint density at radius 2 is 2.26 bits per heavy atom. The number of nitrogens with zero attached hydrogens (tertiary/aromatic N) is 2. The molecule has 0 spiro atoms. The maximum absolute atomic E-state index is 12.2. The minimum absolute atomic E-state index is 0. The third-order valence-corrected chi connectivity index (χ3v) is 3.89. The van der Waals surface area contributed by atoms with Crippen LogP contribution in [0.4, 0.5) is 0 Å². The average molecular weight is 286 g/mol. The number of carbonyl (C=O) groups is 1. The van der Waals surface area contributed by atoms with Gasteiger partial charge in [0, 0.05) is 31.2 Å². The van der Waals surface area contributed by atoms with E-state index >= 15 is 0 Å². The molecule has 0 saturated carbocycles. The van der Waals surface area contributed by atoms with E-state index in [0.717, 1.165) is 31.0 Å². The fraction of sp³-hybridized carbons (Fsp3) is 0.692. The van der Waals surface area contributed by atoms with E-state index in [2.05, 4.69) is 10.5 Å². The molecule has 1 N–H and O–H groups in total. The van der Waals surface area contributed by atoms with Crippen LogP contribution in [0.15, 0.2) is 10.6 Å². The Morgan fingerprint density at radius 3 is 3.00 bits per heavy atom. The number of likely N-dealkylation sites (tertiary alicyclic amines) is 1. The zero-order chi connectivity index (χ0) is 12.5. The zero-order valence-corrected chi connectivity index (χ0v) is 11.9. The van der Waals surface area contributed by atoms with Crippen LogP contribution in [0.5, 0.6) is 0 Å². The summed E-state index contributed by atoms with van der Waals surface area (Å²) in [7, 11) is 0. The molecule has 6 heteroatoms. The van der Waals surface area contributed by atoms with E-state index in [1.165, 1.54) is 12.8 Å². The Labute approximate surface area is 119 Å². The van der Waals surface area contributed by atoms with Crippen molar-refractivity contribution in [1.82, 2.24) is 15.4 Å². The zero-order valence-electron chi connectivity index (χ0n) is 11.1. The van der Waals surface area contributed by atoms with Crippen molar-refractivity contribution in [3.05, 3.63) is 17.5 Å². The van der Waals surface area contributed by atoms with Crippen LogP contribution in [-0.4, -0.2) is 41.1 Å². The van der Waals surface area contributed by atoms with Crippen molar-refractivity contribution in [2.45, 2.75) is 44.7 Å². The number of nitrogens with one attached hydrogen (secondary N) is 1. The van der Waals surface area contributed by atoms with Crippen molar-refractivity contribution in [3.63, 3.8) is 0 Å². The molecule has 0 aliphatic carbocycles. The lowest BCUT2D eigenvalue weighted by molar-refractivity contribution is -0.130. The summed E-state index contributed by atoms with van der Waals surface area (Å²) < 4.78 is 4.99. The molecule has 2 bridgehead atoms. The van der Waals surface area contributed by atoms with Crippen molar-refractivity contribution in [3.8, 4) is 0 Å². The molecule has 19 heavy (non-hydrogen) atoms. The topological polar surface area (TPSA) is 58.4 Å². The molecule has 2 aliphatic heterocycles. The van der Waals surface area contributed by atoms with Gasteiger partial charge in [-0.1, -0.05) is 5.16 Å². The quantitative estimate of drug-likeness (QED) is 0.890. The number of carbonyl (C=O) groups excluding carboxylic acids is 1. The summed E-state index contributed by atoms with van der Waals surface area (Å²) >= 11 is 0. The second-order valence-corrected chi connectivity index (χ2v) is 5.37. The van der Waals surface area contributed by atoms with Crippen LogP contribution in [0.1, 0.15) is 30.7 Å². The predicted molar refractivity (Wildman–Crippen MR) is 73.3 cm³/mol. The maximum Gasteiger partial charge on any atom is 0.228 e. The summed E-state index contributed by atoms with van der Waals surface area (Å²) in [5.41, 5.74) is 0.736. The van der Waals surface area contributed by atoms with Crippen molar-refractivity contribution in [1.29, 1.82) is 0 Å². The molecule has 3 heterocycles. The summed E-state index contributed by atoms with van der Waals surface area (Å²) in [6.07, 6.45) is 3.88. The summed E-state index contributed by atoms with van der Waals surface area (Å²) in [5.74, 6) is 0.923. The second kappa shape index (κ2) is 5.92. The molecule has 1 amide bonds. The number of aryl methyl sites for hydroxylation is 1. The van der Waals surface area contributed by atoms with Gasteiger partial charge in [0.1, 0.15) is 5.76 Å². The van der Waals surface area contributed by atoms with E-state index in [1.54, 1.807) is 0 Å². The number of aromatic nitrogens is 1. The van der Waals surface area contributed by atoms with Crippen LogP contribution >= 0.6 is 12.4 Å². The molecule has 5 nitrogen and oxygen atoms in total. The van der Waals surface area contributed by atoms with E-state index in [0.29, 0.717) is 18.5 Å². The summed E-state index contributed by atoms with van der Waals surface area (Å²) in [5, 5.41) is 7.46. The number of hydrogen-bond donors (Lipinski definition) is 1. The van der Waals surface area contributed by atoms with Crippen LogP contribution < -0.4 is 5.32 Å². The van der Waals surface area contributed by atoms with Gasteiger partial charge in [0.05, 0.1) is 12.1 Å². The predicted octanol–water partition coefficient (Wildman–Crippen LogP) is 1.30. The van der Waals surface area contributed by atoms with Crippen molar-refractivity contribution in [2.24, 2.45) is 0 Å². The monoisotopic (exact) mass is 285 g/mol. The minimum Gasteiger partial charge on any atom is -0.361 e. The molecular weight excluding hydrogens is 266 g/mol. The highest BCUT2D eigenvalue weighted by Gasteiger charge is 2.31. The molecule has 106 valence electrons. The fourth-order valence-corrected chi connectivity index (χ4v) is 2.94. The Hall–Kier alpha value is -1.07. The van der Waals surface area contributed by atoms with Crippen LogP contribution in [-0.2, 0) is 11.2 Å². The average Bonchev–Trinajstić information content (AvgIpc) is 2.85. The van der Waals surface area contributed by atoms with Crippen LogP contribution in [0, 0.1) is 6.92 Å². The van der Waals surface area contributed by atoms with Crippen molar-refractivity contribution in [2.75, 3.05) is 13.1 Å². The number of halogens is 1. The lowest BCUT2D eigenvalue weighted by Crippen LogP contribution is -2.39. The van der Waals surface area contributed by atoms with Gasteiger partial charge in [0.25, 0.3) is 0 Å².